The van der Waals surface area contributed by atoms with Crippen molar-refractivity contribution in [3.8, 4) is 0 Å². The molecule has 2 fully saturated rings. The second-order valence-corrected chi connectivity index (χ2v) is 8.90. The first-order valence-electron chi connectivity index (χ1n) is 11.3. The highest BCUT2D eigenvalue weighted by Gasteiger charge is 2.54. The summed E-state index contributed by atoms with van der Waals surface area (Å²) in [6, 6.07) is 15.8. The lowest BCUT2D eigenvalue weighted by atomic mass is 10.1. The fourth-order valence-electron chi connectivity index (χ4n) is 5.06. The summed E-state index contributed by atoms with van der Waals surface area (Å²) in [5.74, 6) is 0.665. The molecule has 0 aliphatic carbocycles. The average molecular weight is 432 g/mol. The maximum absolute atomic E-state index is 13.4. The van der Waals surface area contributed by atoms with Crippen molar-refractivity contribution in [1.82, 2.24) is 14.7 Å². The molecule has 3 heterocycles. The lowest BCUT2D eigenvalue weighted by Gasteiger charge is -2.40. The number of fused-ring (bicyclic) bond motifs is 3. The maximum atomic E-state index is 13.4. The van der Waals surface area contributed by atoms with Crippen LogP contribution in [0.25, 0.3) is 0 Å². The third-order valence-corrected chi connectivity index (χ3v) is 6.71. The van der Waals surface area contributed by atoms with Gasteiger partial charge in [0.15, 0.2) is 12.2 Å². The zero-order valence-electron chi connectivity index (χ0n) is 18.9. The van der Waals surface area contributed by atoms with E-state index in [9.17, 15) is 9.59 Å². The minimum absolute atomic E-state index is 0.132. The molecule has 3 aliphatic rings. The number of likely N-dealkylation sites (N-methyl/N-ethyl adjacent to an activating group) is 1. The van der Waals surface area contributed by atoms with Gasteiger partial charge in [0.1, 0.15) is 0 Å². The standard InChI is InChI=1S/C25H29N5O2/c1-17-11-12-20(18(2)16-17)28-14-15-29-21-22(26-24(28)29)27(3)25(32)30(23(21)31)13-7-10-19-8-5-4-6-9-19/h4-6,8-9,11-12,16,21-22H,7,10,13-15H2,1-3H3. The minimum atomic E-state index is -0.469. The van der Waals surface area contributed by atoms with Gasteiger partial charge in [-0.05, 0) is 43.9 Å². The first-order chi connectivity index (χ1) is 15.5. The van der Waals surface area contributed by atoms with Gasteiger partial charge in [-0.2, -0.15) is 0 Å². The third kappa shape index (κ3) is 3.32. The molecule has 2 atom stereocenters. The largest absolute Gasteiger partial charge is 0.328 e. The number of aryl methyl sites for hydroxylation is 3. The molecule has 3 aliphatic heterocycles. The lowest BCUT2D eigenvalue weighted by molar-refractivity contribution is -0.137. The van der Waals surface area contributed by atoms with Gasteiger partial charge in [0.25, 0.3) is 5.91 Å². The Morgan fingerprint density at radius 3 is 2.56 bits per heavy atom. The summed E-state index contributed by atoms with van der Waals surface area (Å²) in [6.07, 6.45) is 1.11. The molecule has 166 valence electrons. The van der Waals surface area contributed by atoms with Crippen molar-refractivity contribution in [2.24, 2.45) is 4.99 Å². The van der Waals surface area contributed by atoms with Gasteiger partial charge in [0, 0.05) is 32.4 Å². The van der Waals surface area contributed by atoms with E-state index in [0.29, 0.717) is 6.54 Å². The molecule has 2 saturated heterocycles. The van der Waals surface area contributed by atoms with Crippen molar-refractivity contribution in [2.45, 2.75) is 38.9 Å². The van der Waals surface area contributed by atoms with Crippen LogP contribution in [0.2, 0.25) is 0 Å². The highest BCUT2D eigenvalue weighted by atomic mass is 16.2. The van der Waals surface area contributed by atoms with Crippen LogP contribution in [0.3, 0.4) is 0 Å². The predicted molar refractivity (Wildman–Crippen MR) is 125 cm³/mol. The number of imide groups is 1. The van der Waals surface area contributed by atoms with Crippen LogP contribution >= 0.6 is 0 Å². The first kappa shape index (κ1) is 20.5. The third-order valence-electron chi connectivity index (χ3n) is 6.71. The number of carbonyl (C=O) groups excluding carboxylic acids is 2. The zero-order valence-corrected chi connectivity index (χ0v) is 18.9. The van der Waals surface area contributed by atoms with Crippen LogP contribution in [0.4, 0.5) is 10.5 Å². The number of anilines is 1. The summed E-state index contributed by atoms with van der Waals surface area (Å²) in [4.78, 5) is 38.6. The molecule has 0 spiro atoms. The number of nitrogens with zero attached hydrogens (tertiary/aromatic N) is 5. The number of urea groups is 1. The normalized spacial score (nSPS) is 22.4. The topological polar surface area (TPSA) is 59.5 Å². The maximum Gasteiger partial charge on any atom is 0.328 e. The number of aliphatic imine (C=N–C) groups is 1. The van der Waals surface area contributed by atoms with Crippen LogP contribution in [0.15, 0.2) is 53.5 Å². The van der Waals surface area contributed by atoms with Crippen molar-refractivity contribution < 1.29 is 9.59 Å². The van der Waals surface area contributed by atoms with Gasteiger partial charge in [-0.15, -0.1) is 0 Å². The molecule has 7 nitrogen and oxygen atoms in total. The van der Waals surface area contributed by atoms with Crippen LogP contribution < -0.4 is 4.90 Å². The Labute approximate surface area is 188 Å². The Morgan fingerprint density at radius 1 is 1.03 bits per heavy atom. The van der Waals surface area contributed by atoms with Crippen molar-refractivity contribution >= 4 is 23.6 Å². The van der Waals surface area contributed by atoms with E-state index in [1.807, 2.05) is 18.2 Å². The fourth-order valence-corrected chi connectivity index (χ4v) is 5.06. The van der Waals surface area contributed by atoms with Crippen LogP contribution in [-0.4, -0.2) is 71.5 Å². The molecule has 2 aromatic carbocycles. The number of hydrogen-bond donors (Lipinski definition) is 0. The highest BCUT2D eigenvalue weighted by molar-refractivity contribution is 6.08. The van der Waals surface area contributed by atoms with Gasteiger partial charge in [0.2, 0.25) is 5.96 Å². The molecule has 3 amide bonds. The summed E-state index contributed by atoms with van der Waals surface area (Å²) >= 11 is 0. The van der Waals surface area contributed by atoms with E-state index in [4.69, 9.17) is 4.99 Å². The van der Waals surface area contributed by atoms with E-state index in [1.54, 1.807) is 11.9 Å². The van der Waals surface area contributed by atoms with E-state index in [0.717, 1.165) is 37.6 Å². The Hall–Kier alpha value is -3.35. The Balaban J connectivity index is 1.34. The number of amides is 3. The van der Waals surface area contributed by atoms with E-state index >= 15 is 0 Å². The summed E-state index contributed by atoms with van der Waals surface area (Å²) in [5, 5.41) is 0. The second-order valence-electron chi connectivity index (χ2n) is 8.90. The Morgan fingerprint density at radius 2 is 1.81 bits per heavy atom. The van der Waals surface area contributed by atoms with Gasteiger partial charge in [-0.25, -0.2) is 9.79 Å². The Kier molecular flexibility index (Phi) is 5.12. The molecule has 0 saturated carbocycles. The number of rotatable bonds is 5. The number of hydrogen-bond acceptors (Lipinski definition) is 5. The lowest BCUT2D eigenvalue weighted by Crippen LogP contribution is -2.64. The predicted octanol–water partition coefficient (Wildman–Crippen LogP) is 3.02. The molecule has 0 N–H and O–H groups in total. The van der Waals surface area contributed by atoms with Crippen molar-refractivity contribution in [1.29, 1.82) is 0 Å². The first-order valence-corrected chi connectivity index (χ1v) is 11.3. The molecular weight excluding hydrogens is 402 g/mol. The molecular formula is C25H29N5O2. The average Bonchev–Trinajstić information content (AvgIpc) is 3.35. The summed E-state index contributed by atoms with van der Waals surface area (Å²) in [6.45, 7) is 6.11. The van der Waals surface area contributed by atoms with Crippen molar-refractivity contribution in [2.75, 3.05) is 31.6 Å². The van der Waals surface area contributed by atoms with Gasteiger partial charge in [0.05, 0.1) is 0 Å². The van der Waals surface area contributed by atoms with Gasteiger partial charge in [-0.3, -0.25) is 9.69 Å². The summed E-state index contributed by atoms with van der Waals surface area (Å²) in [5.41, 5.74) is 4.72. The summed E-state index contributed by atoms with van der Waals surface area (Å²) in [7, 11) is 1.75. The zero-order chi connectivity index (χ0) is 22.4. The number of guanidine groups is 1. The molecule has 0 bridgehead atoms. The highest BCUT2D eigenvalue weighted by Crippen LogP contribution is 2.34. The van der Waals surface area contributed by atoms with Crippen LogP contribution in [-0.2, 0) is 11.2 Å². The van der Waals surface area contributed by atoms with Crippen molar-refractivity contribution in [3.63, 3.8) is 0 Å². The number of carbonyl (C=O) groups is 2. The molecule has 32 heavy (non-hydrogen) atoms. The molecule has 2 aromatic rings. The molecule has 0 radical (unpaired) electrons. The SMILES string of the molecule is Cc1ccc(N2CCN3C2=NC2C3C(=O)N(CCCc3ccccc3)C(=O)N2C)c(C)c1. The molecule has 0 aromatic heterocycles. The van der Waals surface area contributed by atoms with E-state index in [2.05, 4.69) is 54.0 Å². The van der Waals surface area contributed by atoms with Crippen LogP contribution in [0.1, 0.15) is 23.1 Å². The smallest absolute Gasteiger partial charge is 0.325 e. The minimum Gasteiger partial charge on any atom is -0.325 e. The molecule has 2 unspecified atom stereocenters. The fraction of sp³-hybridized carbons (Fsp3) is 0.400. The van der Waals surface area contributed by atoms with Gasteiger partial charge in [-0.1, -0.05) is 48.0 Å². The molecule has 5 rings (SSSR count). The molecule has 7 heteroatoms. The van der Waals surface area contributed by atoms with Gasteiger partial charge < -0.3 is 14.7 Å². The van der Waals surface area contributed by atoms with E-state index in [-0.39, 0.29) is 11.9 Å². The summed E-state index contributed by atoms with van der Waals surface area (Å²) < 4.78 is 0. The van der Waals surface area contributed by atoms with Crippen LogP contribution in [0, 0.1) is 13.8 Å². The van der Waals surface area contributed by atoms with E-state index in [1.165, 1.54) is 21.6 Å². The second kappa shape index (κ2) is 7.97. The van der Waals surface area contributed by atoms with E-state index < -0.39 is 12.2 Å². The monoisotopic (exact) mass is 431 g/mol. The quantitative estimate of drug-likeness (QED) is 0.730. The van der Waals surface area contributed by atoms with Crippen molar-refractivity contribution in [3.05, 3.63) is 65.2 Å². The Bertz CT molecular complexity index is 1080. The van der Waals surface area contributed by atoms with Crippen LogP contribution in [0.5, 0.6) is 0 Å². The van der Waals surface area contributed by atoms with Gasteiger partial charge >= 0.3 is 6.03 Å². The number of benzene rings is 2.